The summed E-state index contributed by atoms with van der Waals surface area (Å²) in [6.07, 6.45) is 0.822. The van der Waals surface area contributed by atoms with Crippen LogP contribution >= 0.6 is 11.3 Å². The van der Waals surface area contributed by atoms with Crippen LogP contribution in [0, 0.1) is 0 Å². The van der Waals surface area contributed by atoms with Crippen molar-refractivity contribution in [1.29, 1.82) is 0 Å². The molecule has 132 valence electrons. The fourth-order valence-electron chi connectivity index (χ4n) is 2.96. The van der Waals surface area contributed by atoms with Crippen molar-refractivity contribution in [3.8, 4) is 11.5 Å². The number of carbonyl (C=O) groups is 1. The summed E-state index contributed by atoms with van der Waals surface area (Å²) in [5.74, 6) is 1.33. The van der Waals surface area contributed by atoms with Crippen molar-refractivity contribution in [2.24, 2.45) is 0 Å². The fourth-order valence-corrected chi connectivity index (χ4v) is 3.68. The van der Waals surface area contributed by atoms with E-state index in [9.17, 15) is 4.79 Å². The summed E-state index contributed by atoms with van der Waals surface area (Å²) in [4.78, 5) is 16.2. The smallest absolute Gasteiger partial charge is 0.254 e. The van der Waals surface area contributed by atoms with Crippen molar-refractivity contribution in [2.45, 2.75) is 13.0 Å². The molecule has 2 heterocycles. The number of rotatable bonds is 6. The number of hydrogen-bond acceptors (Lipinski definition) is 4. The molecule has 0 atom stereocenters. The van der Waals surface area contributed by atoms with E-state index >= 15 is 0 Å². The van der Waals surface area contributed by atoms with Gasteiger partial charge in [-0.1, -0.05) is 36.4 Å². The largest absolute Gasteiger partial charge is 0.454 e. The molecule has 0 saturated carbocycles. The van der Waals surface area contributed by atoms with Gasteiger partial charge in [0.1, 0.15) is 0 Å². The van der Waals surface area contributed by atoms with Crippen LogP contribution < -0.4 is 9.47 Å². The maximum absolute atomic E-state index is 13.1. The highest BCUT2D eigenvalue weighted by atomic mass is 32.1. The van der Waals surface area contributed by atoms with Crippen LogP contribution in [-0.2, 0) is 13.0 Å². The van der Waals surface area contributed by atoms with Crippen LogP contribution in [0.2, 0.25) is 0 Å². The molecule has 3 aromatic rings. The third-order valence-electron chi connectivity index (χ3n) is 4.35. The van der Waals surface area contributed by atoms with Gasteiger partial charge in [-0.2, -0.15) is 0 Å². The molecule has 2 aromatic carbocycles. The van der Waals surface area contributed by atoms with Gasteiger partial charge in [-0.15, -0.1) is 11.3 Å². The summed E-state index contributed by atoms with van der Waals surface area (Å²) in [6.45, 7) is 1.48. The molecule has 0 spiro atoms. The number of benzene rings is 2. The SMILES string of the molecule is O=C(c1ccc2c(c1)OCO2)N(CCc1ccccc1)Cc1cccs1. The van der Waals surface area contributed by atoms with Crippen molar-refractivity contribution < 1.29 is 14.3 Å². The molecule has 0 aliphatic carbocycles. The second-order valence-corrected chi connectivity index (χ2v) is 7.14. The van der Waals surface area contributed by atoms with Crippen LogP contribution in [-0.4, -0.2) is 24.1 Å². The van der Waals surface area contributed by atoms with Crippen molar-refractivity contribution in [2.75, 3.05) is 13.3 Å². The Morgan fingerprint density at radius 1 is 1.00 bits per heavy atom. The lowest BCUT2D eigenvalue weighted by molar-refractivity contribution is 0.0746. The first kappa shape index (κ1) is 16.7. The lowest BCUT2D eigenvalue weighted by Gasteiger charge is -2.22. The molecule has 4 nitrogen and oxygen atoms in total. The molecular weight excluding hydrogens is 346 g/mol. The summed E-state index contributed by atoms with van der Waals surface area (Å²) in [5.41, 5.74) is 1.85. The van der Waals surface area contributed by atoms with Crippen LogP contribution in [0.5, 0.6) is 11.5 Å². The van der Waals surface area contributed by atoms with Gasteiger partial charge in [0.15, 0.2) is 11.5 Å². The predicted octanol–water partition coefficient (Wildman–Crippen LogP) is 4.36. The Labute approximate surface area is 156 Å². The Hall–Kier alpha value is -2.79. The number of carbonyl (C=O) groups excluding carboxylic acids is 1. The zero-order valence-corrected chi connectivity index (χ0v) is 15.1. The number of hydrogen-bond donors (Lipinski definition) is 0. The Kier molecular flexibility index (Phi) is 4.88. The van der Waals surface area contributed by atoms with E-state index in [1.165, 1.54) is 10.4 Å². The van der Waals surface area contributed by atoms with Gasteiger partial charge in [0.25, 0.3) is 5.91 Å². The minimum atomic E-state index is 0.00707. The number of nitrogens with zero attached hydrogens (tertiary/aromatic N) is 1. The van der Waals surface area contributed by atoms with Gasteiger partial charge in [-0.3, -0.25) is 4.79 Å². The third-order valence-corrected chi connectivity index (χ3v) is 5.21. The molecule has 0 saturated heterocycles. The third kappa shape index (κ3) is 3.73. The molecule has 0 bridgehead atoms. The number of ether oxygens (including phenoxy) is 2. The molecule has 1 aromatic heterocycles. The maximum atomic E-state index is 13.1. The molecule has 0 radical (unpaired) electrons. The molecule has 5 heteroatoms. The minimum Gasteiger partial charge on any atom is -0.454 e. The zero-order chi connectivity index (χ0) is 17.8. The van der Waals surface area contributed by atoms with Crippen LogP contribution in [0.3, 0.4) is 0 Å². The van der Waals surface area contributed by atoms with E-state index in [0.717, 1.165) is 6.42 Å². The van der Waals surface area contributed by atoms with Gasteiger partial charge in [0, 0.05) is 17.0 Å². The van der Waals surface area contributed by atoms with E-state index in [4.69, 9.17) is 9.47 Å². The number of fused-ring (bicyclic) bond motifs is 1. The van der Waals surface area contributed by atoms with E-state index in [0.29, 0.717) is 30.2 Å². The molecule has 0 fully saturated rings. The van der Waals surface area contributed by atoms with Gasteiger partial charge in [0.05, 0.1) is 6.54 Å². The molecule has 0 unspecified atom stereocenters. The maximum Gasteiger partial charge on any atom is 0.254 e. The first-order chi connectivity index (χ1) is 12.8. The van der Waals surface area contributed by atoms with E-state index in [1.54, 1.807) is 29.5 Å². The van der Waals surface area contributed by atoms with Crippen molar-refractivity contribution in [3.05, 3.63) is 82.0 Å². The number of thiophene rings is 1. The van der Waals surface area contributed by atoms with Crippen molar-refractivity contribution in [1.82, 2.24) is 4.90 Å². The first-order valence-corrected chi connectivity index (χ1v) is 9.43. The summed E-state index contributed by atoms with van der Waals surface area (Å²) in [6, 6.07) is 19.7. The summed E-state index contributed by atoms with van der Waals surface area (Å²) in [7, 11) is 0. The fraction of sp³-hybridized carbons (Fsp3) is 0.190. The molecule has 0 N–H and O–H groups in total. The second kappa shape index (κ2) is 7.62. The Balaban J connectivity index is 1.53. The normalized spacial score (nSPS) is 12.2. The van der Waals surface area contributed by atoms with Gasteiger partial charge < -0.3 is 14.4 Å². The minimum absolute atomic E-state index is 0.00707. The molecular formula is C21H19NO3S. The van der Waals surface area contributed by atoms with E-state index in [1.807, 2.05) is 34.5 Å². The standard InChI is InChI=1S/C21H19NO3S/c23-21(17-8-9-19-20(13-17)25-15-24-19)22(14-18-7-4-12-26-18)11-10-16-5-2-1-3-6-16/h1-9,12-13H,10-11,14-15H2. The quantitative estimate of drug-likeness (QED) is 0.651. The predicted molar refractivity (Wildman–Crippen MR) is 102 cm³/mol. The van der Waals surface area contributed by atoms with Crippen molar-refractivity contribution >= 4 is 17.2 Å². The van der Waals surface area contributed by atoms with Crippen LogP contribution in [0.4, 0.5) is 0 Å². The summed E-state index contributed by atoms with van der Waals surface area (Å²) >= 11 is 1.67. The highest BCUT2D eigenvalue weighted by Gasteiger charge is 2.20. The topological polar surface area (TPSA) is 38.8 Å². The van der Waals surface area contributed by atoms with E-state index in [2.05, 4.69) is 18.2 Å². The average molecular weight is 365 g/mol. The number of amides is 1. The van der Waals surface area contributed by atoms with Gasteiger partial charge in [-0.25, -0.2) is 0 Å². The zero-order valence-electron chi connectivity index (χ0n) is 14.3. The average Bonchev–Trinajstić information content (AvgIpc) is 3.36. The van der Waals surface area contributed by atoms with Gasteiger partial charge >= 0.3 is 0 Å². The van der Waals surface area contributed by atoms with E-state index < -0.39 is 0 Å². The van der Waals surface area contributed by atoms with Gasteiger partial charge in [-0.05, 0) is 41.6 Å². The summed E-state index contributed by atoms with van der Waals surface area (Å²) in [5, 5.41) is 2.04. The van der Waals surface area contributed by atoms with Crippen LogP contribution in [0.25, 0.3) is 0 Å². The first-order valence-electron chi connectivity index (χ1n) is 8.55. The Bertz CT molecular complexity index is 878. The van der Waals surface area contributed by atoms with Gasteiger partial charge in [0.2, 0.25) is 6.79 Å². The molecule has 26 heavy (non-hydrogen) atoms. The second-order valence-electron chi connectivity index (χ2n) is 6.11. The lowest BCUT2D eigenvalue weighted by Crippen LogP contribution is -2.32. The summed E-state index contributed by atoms with van der Waals surface area (Å²) < 4.78 is 10.8. The Morgan fingerprint density at radius 3 is 2.65 bits per heavy atom. The highest BCUT2D eigenvalue weighted by Crippen LogP contribution is 2.33. The molecule has 1 aliphatic rings. The molecule has 4 rings (SSSR count). The lowest BCUT2D eigenvalue weighted by atomic mass is 10.1. The molecule has 1 amide bonds. The Morgan fingerprint density at radius 2 is 1.85 bits per heavy atom. The highest BCUT2D eigenvalue weighted by molar-refractivity contribution is 7.09. The van der Waals surface area contributed by atoms with Crippen molar-refractivity contribution in [3.63, 3.8) is 0 Å². The monoisotopic (exact) mass is 365 g/mol. The van der Waals surface area contributed by atoms with Crippen LogP contribution in [0.1, 0.15) is 20.8 Å². The van der Waals surface area contributed by atoms with Crippen LogP contribution in [0.15, 0.2) is 66.0 Å². The van der Waals surface area contributed by atoms with E-state index in [-0.39, 0.29) is 12.7 Å². The molecule has 1 aliphatic heterocycles.